The molecule has 0 unspecified atom stereocenters. The van der Waals surface area contributed by atoms with Gasteiger partial charge in [-0.25, -0.2) is 4.98 Å². The van der Waals surface area contributed by atoms with Crippen molar-refractivity contribution in [2.24, 2.45) is 11.7 Å². The molecule has 20 heavy (non-hydrogen) atoms. The van der Waals surface area contributed by atoms with Crippen molar-refractivity contribution < 1.29 is 0 Å². The predicted octanol–water partition coefficient (Wildman–Crippen LogP) is 2.22. The lowest BCUT2D eigenvalue weighted by Crippen LogP contribution is -2.22. The van der Waals surface area contributed by atoms with Crippen LogP contribution in [0.3, 0.4) is 0 Å². The summed E-state index contributed by atoms with van der Waals surface area (Å²) in [5.41, 5.74) is 8.03. The first-order chi connectivity index (χ1) is 9.61. The van der Waals surface area contributed by atoms with Crippen LogP contribution >= 0.6 is 0 Å². The van der Waals surface area contributed by atoms with Gasteiger partial charge >= 0.3 is 0 Å². The summed E-state index contributed by atoms with van der Waals surface area (Å²) >= 11 is 0. The molecule has 2 aromatic rings. The molecule has 0 aliphatic heterocycles. The number of nitrogens with one attached hydrogen (secondary N) is 1. The highest BCUT2D eigenvalue weighted by Crippen LogP contribution is 2.23. The predicted molar refractivity (Wildman–Crippen MR) is 80.8 cm³/mol. The van der Waals surface area contributed by atoms with Crippen LogP contribution in [0.4, 0.5) is 5.82 Å². The number of aromatic nitrogens is 3. The van der Waals surface area contributed by atoms with Gasteiger partial charge in [0.05, 0.1) is 6.20 Å². The molecular formula is C15H23N5. The number of hydrogen-bond donors (Lipinski definition) is 2. The van der Waals surface area contributed by atoms with E-state index in [1.54, 1.807) is 6.20 Å². The van der Waals surface area contributed by atoms with Crippen molar-refractivity contribution in [3.8, 4) is 0 Å². The SMILES string of the molecule is CC(C)Cc1cc(N[C@H]2CC[C@H](N)C2)n2nccc2n1. The van der Waals surface area contributed by atoms with E-state index < -0.39 is 0 Å². The zero-order valence-corrected chi connectivity index (χ0v) is 12.2. The van der Waals surface area contributed by atoms with Crippen LogP contribution in [0.5, 0.6) is 0 Å². The summed E-state index contributed by atoms with van der Waals surface area (Å²) in [6.07, 6.45) is 6.05. The highest BCUT2D eigenvalue weighted by molar-refractivity contribution is 5.49. The minimum Gasteiger partial charge on any atom is -0.367 e. The standard InChI is InChI=1S/C15H23N5/c1-10(2)7-13-9-15(18-12-4-3-11(16)8-12)20-14(19-13)5-6-17-20/h5-6,9-12,18H,3-4,7-8,16H2,1-2H3/t11-,12-/m0/s1. The van der Waals surface area contributed by atoms with E-state index in [1.807, 2.05) is 10.6 Å². The number of nitrogens with two attached hydrogens (primary N) is 1. The van der Waals surface area contributed by atoms with Crippen molar-refractivity contribution in [1.29, 1.82) is 0 Å². The van der Waals surface area contributed by atoms with E-state index in [0.717, 1.165) is 42.8 Å². The second-order valence-electron chi connectivity index (χ2n) is 6.25. The molecule has 1 saturated carbocycles. The molecule has 5 heteroatoms. The summed E-state index contributed by atoms with van der Waals surface area (Å²) in [7, 11) is 0. The molecule has 0 saturated heterocycles. The third kappa shape index (κ3) is 2.77. The van der Waals surface area contributed by atoms with E-state index in [4.69, 9.17) is 5.73 Å². The summed E-state index contributed by atoms with van der Waals surface area (Å²) in [6, 6.07) is 4.86. The first-order valence-electron chi connectivity index (χ1n) is 7.47. The highest BCUT2D eigenvalue weighted by atomic mass is 15.3. The number of nitrogens with zero attached hydrogens (tertiary/aromatic N) is 3. The summed E-state index contributed by atoms with van der Waals surface area (Å²) in [5, 5.41) is 7.95. The third-order valence-electron chi connectivity index (χ3n) is 3.86. The molecule has 3 rings (SSSR count). The number of anilines is 1. The Labute approximate surface area is 119 Å². The van der Waals surface area contributed by atoms with Crippen LogP contribution in [0, 0.1) is 5.92 Å². The maximum atomic E-state index is 5.99. The van der Waals surface area contributed by atoms with Gasteiger partial charge in [0.15, 0.2) is 5.65 Å². The Kier molecular flexibility index (Phi) is 3.61. The first-order valence-corrected chi connectivity index (χ1v) is 7.47. The van der Waals surface area contributed by atoms with Crippen LogP contribution in [-0.2, 0) is 6.42 Å². The normalized spacial score (nSPS) is 22.8. The van der Waals surface area contributed by atoms with E-state index >= 15 is 0 Å². The van der Waals surface area contributed by atoms with Gasteiger partial charge in [0.25, 0.3) is 0 Å². The Morgan fingerprint density at radius 3 is 3.00 bits per heavy atom. The minimum atomic E-state index is 0.331. The van der Waals surface area contributed by atoms with E-state index in [2.05, 4.69) is 35.3 Å². The first kappa shape index (κ1) is 13.4. The van der Waals surface area contributed by atoms with E-state index in [1.165, 1.54) is 0 Å². The van der Waals surface area contributed by atoms with Crippen molar-refractivity contribution in [3.63, 3.8) is 0 Å². The maximum absolute atomic E-state index is 5.99. The van der Waals surface area contributed by atoms with Gasteiger partial charge in [-0.3, -0.25) is 0 Å². The fourth-order valence-electron chi connectivity index (χ4n) is 2.95. The van der Waals surface area contributed by atoms with Gasteiger partial charge in [0.1, 0.15) is 5.82 Å². The molecule has 0 bridgehead atoms. The molecule has 5 nitrogen and oxygen atoms in total. The monoisotopic (exact) mass is 273 g/mol. The molecule has 0 amide bonds. The smallest absolute Gasteiger partial charge is 0.157 e. The van der Waals surface area contributed by atoms with E-state index in [0.29, 0.717) is 18.0 Å². The van der Waals surface area contributed by atoms with E-state index in [9.17, 15) is 0 Å². The van der Waals surface area contributed by atoms with Gasteiger partial charge in [-0.2, -0.15) is 9.61 Å². The fourth-order valence-corrected chi connectivity index (χ4v) is 2.95. The molecule has 1 fully saturated rings. The van der Waals surface area contributed by atoms with E-state index in [-0.39, 0.29) is 0 Å². The van der Waals surface area contributed by atoms with Crippen LogP contribution in [0.2, 0.25) is 0 Å². The molecule has 108 valence electrons. The number of hydrogen-bond acceptors (Lipinski definition) is 4. The molecule has 0 aromatic carbocycles. The Hall–Kier alpha value is -1.62. The lowest BCUT2D eigenvalue weighted by atomic mass is 10.1. The number of fused-ring (bicyclic) bond motifs is 1. The molecule has 0 radical (unpaired) electrons. The summed E-state index contributed by atoms with van der Waals surface area (Å²) in [4.78, 5) is 4.66. The second kappa shape index (κ2) is 5.40. The highest BCUT2D eigenvalue weighted by Gasteiger charge is 2.22. The van der Waals surface area contributed by atoms with Crippen molar-refractivity contribution in [2.45, 2.75) is 51.6 Å². The Morgan fingerprint density at radius 2 is 2.30 bits per heavy atom. The van der Waals surface area contributed by atoms with Gasteiger partial charge in [-0.1, -0.05) is 13.8 Å². The van der Waals surface area contributed by atoms with Crippen molar-refractivity contribution in [2.75, 3.05) is 5.32 Å². The average molecular weight is 273 g/mol. The van der Waals surface area contributed by atoms with Crippen LogP contribution < -0.4 is 11.1 Å². The molecule has 2 atom stereocenters. The van der Waals surface area contributed by atoms with Gasteiger partial charge in [0, 0.05) is 29.9 Å². The second-order valence-corrected chi connectivity index (χ2v) is 6.25. The van der Waals surface area contributed by atoms with Crippen molar-refractivity contribution in [1.82, 2.24) is 14.6 Å². The number of rotatable bonds is 4. The molecule has 0 spiro atoms. The third-order valence-corrected chi connectivity index (χ3v) is 3.86. The largest absolute Gasteiger partial charge is 0.367 e. The van der Waals surface area contributed by atoms with Gasteiger partial charge in [-0.15, -0.1) is 0 Å². The average Bonchev–Trinajstić information content (AvgIpc) is 2.97. The van der Waals surface area contributed by atoms with Gasteiger partial charge in [0.2, 0.25) is 0 Å². The molecule has 2 aromatic heterocycles. The topological polar surface area (TPSA) is 68.2 Å². The lowest BCUT2D eigenvalue weighted by Gasteiger charge is -2.16. The minimum absolute atomic E-state index is 0.331. The van der Waals surface area contributed by atoms with Gasteiger partial charge < -0.3 is 11.1 Å². The zero-order chi connectivity index (χ0) is 14.1. The summed E-state index contributed by atoms with van der Waals surface area (Å²) < 4.78 is 1.88. The molecule has 1 aliphatic carbocycles. The Balaban J connectivity index is 1.89. The van der Waals surface area contributed by atoms with Crippen LogP contribution in [0.25, 0.3) is 5.65 Å². The van der Waals surface area contributed by atoms with Crippen LogP contribution in [-0.4, -0.2) is 26.7 Å². The molecule has 3 N–H and O–H groups in total. The fraction of sp³-hybridized carbons (Fsp3) is 0.600. The molecular weight excluding hydrogens is 250 g/mol. The molecule has 1 aliphatic rings. The summed E-state index contributed by atoms with van der Waals surface area (Å²) in [5.74, 6) is 1.63. The van der Waals surface area contributed by atoms with Crippen molar-refractivity contribution >= 4 is 11.5 Å². The Morgan fingerprint density at radius 1 is 1.45 bits per heavy atom. The maximum Gasteiger partial charge on any atom is 0.157 e. The lowest BCUT2D eigenvalue weighted by molar-refractivity contribution is 0.634. The van der Waals surface area contributed by atoms with Crippen LogP contribution in [0.15, 0.2) is 18.3 Å². The Bertz CT molecular complexity index is 589. The van der Waals surface area contributed by atoms with Crippen molar-refractivity contribution in [3.05, 3.63) is 24.0 Å². The quantitative estimate of drug-likeness (QED) is 0.896. The summed E-state index contributed by atoms with van der Waals surface area (Å²) in [6.45, 7) is 4.43. The molecule has 2 heterocycles. The zero-order valence-electron chi connectivity index (χ0n) is 12.2. The van der Waals surface area contributed by atoms with Crippen LogP contribution in [0.1, 0.15) is 38.8 Å². The van der Waals surface area contributed by atoms with Gasteiger partial charge in [-0.05, 0) is 31.6 Å².